The number of likely N-dealkylation sites (tertiary alicyclic amines) is 1. The molecule has 0 aromatic heterocycles. The van der Waals surface area contributed by atoms with E-state index in [0.717, 1.165) is 19.4 Å². The summed E-state index contributed by atoms with van der Waals surface area (Å²) in [5.74, 6) is -1.86. The van der Waals surface area contributed by atoms with E-state index < -0.39 is 30.5 Å². The van der Waals surface area contributed by atoms with Crippen molar-refractivity contribution in [2.45, 2.75) is 64.1 Å². The summed E-state index contributed by atoms with van der Waals surface area (Å²) in [6.07, 6.45) is 3.32. The lowest BCUT2D eigenvalue weighted by Gasteiger charge is -2.30. The lowest BCUT2D eigenvalue weighted by Crippen LogP contribution is -2.56. The molecule has 9 nitrogen and oxygen atoms in total. The highest BCUT2D eigenvalue weighted by atomic mass is 16.4. The minimum Gasteiger partial charge on any atom is -0.480 e. The Kier molecular flexibility index (Phi) is 7.58. The van der Waals surface area contributed by atoms with Gasteiger partial charge in [-0.05, 0) is 44.6 Å². The Labute approximate surface area is 159 Å². The van der Waals surface area contributed by atoms with Crippen molar-refractivity contribution in [1.29, 1.82) is 0 Å². The van der Waals surface area contributed by atoms with Crippen LogP contribution < -0.4 is 16.0 Å². The third-order valence-electron chi connectivity index (χ3n) is 4.95. The van der Waals surface area contributed by atoms with Gasteiger partial charge >= 0.3 is 5.97 Å². The first-order valence-electron chi connectivity index (χ1n) is 9.63. The van der Waals surface area contributed by atoms with Crippen LogP contribution in [0.2, 0.25) is 0 Å². The molecule has 0 radical (unpaired) electrons. The van der Waals surface area contributed by atoms with Crippen molar-refractivity contribution in [1.82, 2.24) is 20.9 Å². The van der Waals surface area contributed by atoms with Gasteiger partial charge in [0.05, 0.1) is 6.04 Å². The van der Waals surface area contributed by atoms with Crippen molar-refractivity contribution < 1.29 is 24.3 Å². The van der Waals surface area contributed by atoms with Crippen molar-refractivity contribution in [3.63, 3.8) is 0 Å². The Hall–Kier alpha value is -2.16. The SMILES string of the molecule is CC(C)CC(NC(=O)C1CCCN1)C(=O)N1CCCC1C(=O)NCC(=O)O. The number of hydrogen-bond donors (Lipinski definition) is 4. The van der Waals surface area contributed by atoms with Crippen molar-refractivity contribution in [3.8, 4) is 0 Å². The Morgan fingerprint density at radius 3 is 2.48 bits per heavy atom. The van der Waals surface area contributed by atoms with E-state index in [2.05, 4.69) is 16.0 Å². The highest BCUT2D eigenvalue weighted by molar-refractivity contribution is 5.94. The van der Waals surface area contributed by atoms with Crippen molar-refractivity contribution in [2.75, 3.05) is 19.6 Å². The molecule has 3 unspecified atom stereocenters. The third-order valence-corrected chi connectivity index (χ3v) is 4.95. The number of carboxylic acids is 1. The Bertz CT molecular complexity index is 574. The number of nitrogens with one attached hydrogen (secondary N) is 3. The van der Waals surface area contributed by atoms with Crippen LogP contribution in [0, 0.1) is 5.92 Å². The summed E-state index contributed by atoms with van der Waals surface area (Å²) < 4.78 is 0. The van der Waals surface area contributed by atoms with E-state index >= 15 is 0 Å². The topological polar surface area (TPSA) is 128 Å². The van der Waals surface area contributed by atoms with E-state index in [-0.39, 0.29) is 23.8 Å². The largest absolute Gasteiger partial charge is 0.480 e. The first kappa shape index (κ1) is 21.1. The van der Waals surface area contributed by atoms with Gasteiger partial charge < -0.3 is 26.0 Å². The predicted octanol–water partition coefficient (Wildman–Crippen LogP) is -0.539. The van der Waals surface area contributed by atoms with Gasteiger partial charge in [-0.15, -0.1) is 0 Å². The number of carbonyl (C=O) groups excluding carboxylic acids is 3. The molecule has 0 bridgehead atoms. The quantitative estimate of drug-likeness (QED) is 0.446. The minimum atomic E-state index is -1.13. The van der Waals surface area contributed by atoms with Gasteiger partial charge in [0.2, 0.25) is 17.7 Å². The molecule has 0 saturated carbocycles. The molecular formula is C18H30N4O5. The third kappa shape index (κ3) is 5.92. The van der Waals surface area contributed by atoms with E-state index in [9.17, 15) is 19.2 Å². The fourth-order valence-corrected chi connectivity index (χ4v) is 3.66. The second-order valence-corrected chi connectivity index (χ2v) is 7.64. The lowest BCUT2D eigenvalue weighted by molar-refractivity contribution is -0.143. The number of amides is 3. The zero-order valence-electron chi connectivity index (χ0n) is 16.0. The van der Waals surface area contributed by atoms with Crippen molar-refractivity contribution in [3.05, 3.63) is 0 Å². The van der Waals surface area contributed by atoms with Gasteiger partial charge in [0.1, 0.15) is 18.6 Å². The second kappa shape index (κ2) is 9.68. The summed E-state index contributed by atoms with van der Waals surface area (Å²) in [4.78, 5) is 50.0. The van der Waals surface area contributed by atoms with Crippen LogP contribution in [-0.2, 0) is 19.2 Å². The Morgan fingerprint density at radius 2 is 1.89 bits per heavy atom. The van der Waals surface area contributed by atoms with Gasteiger partial charge in [-0.25, -0.2) is 0 Å². The summed E-state index contributed by atoms with van der Waals surface area (Å²) in [5.41, 5.74) is 0. The molecule has 2 aliphatic rings. The fourth-order valence-electron chi connectivity index (χ4n) is 3.66. The van der Waals surface area contributed by atoms with Crippen LogP contribution in [0.15, 0.2) is 0 Å². The fraction of sp³-hybridized carbons (Fsp3) is 0.778. The van der Waals surface area contributed by atoms with E-state index in [1.54, 1.807) is 0 Å². The van der Waals surface area contributed by atoms with Crippen molar-refractivity contribution in [2.24, 2.45) is 5.92 Å². The number of rotatable bonds is 8. The van der Waals surface area contributed by atoms with Crippen LogP contribution in [0.3, 0.4) is 0 Å². The Morgan fingerprint density at radius 1 is 1.15 bits per heavy atom. The predicted molar refractivity (Wildman–Crippen MR) is 97.8 cm³/mol. The molecule has 152 valence electrons. The number of nitrogens with zero attached hydrogens (tertiary/aromatic N) is 1. The molecule has 2 aliphatic heterocycles. The average molecular weight is 382 g/mol. The van der Waals surface area contributed by atoms with Crippen LogP contribution in [0.4, 0.5) is 0 Å². The molecule has 4 N–H and O–H groups in total. The average Bonchev–Trinajstić information content (AvgIpc) is 3.29. The van der Waals surface area contributed by atoms with Crippen LogP contribution in [0.1, 0.15) is 46.0 Å². The molecule has 2 heterocycles. The van der Waals surface area contributed by atoms with Gasteiger partial charge in [-0.3, -0.25) is 19.2 Å². The minimum absolute atomic E-state index is 0.183. The molecule has 2 saturated heterocycles. The second-order valence-electron chi connectivity index (χ2n) is 7.64. The van der Waals surface area contributed by atoms with Gasteiger partial charge in [0, 0.05) is 6.54 Å². The summed E-state index contributed by atoms with van der Waals surface area (Å²) >= 11 is 0. The number of hydrogen-bond acceptors (Lipinski definition) is 5. The van der Waals surface area contributed by atoms with Crippen LogP contribution in [0.25, 0.3) is 0 Å². The maximum absolute atomic E-state index is 13.1. The smallest absolute Gasteiger partial charge is 0.322 e. The Balaban J connectivity index is 2.04. The zero-order valence-corrected chi connectivity index (χ0v) is 16.0. The molecule has 0 spiro atoms. The van der Waals surface area contributed by atoms with Crippen molar-refractivity contribution >= 4 is 23.7 Å². The molecule has 0 aromatic carbocycles. The maximum atomic E-state index is 13.1. The van der Waals surface area contributed by atoms with E-state index in [1.807, 2.05) is 13.8 Å². The first-order chi connectivity index (χ1) is 12.8. The highest BCUT2D eigenvalue weighted by Crippen LogP contribution is 2.20. The van der Waals surface area contributed by atoms with Crippen LogP contribution in [-0.4, -0.2) is 71.5 Å². The maximum Gasteiger partial charge on any atom is 0.322 e. The van der Waals surface area contributed by atoms with E-state index in [1.165, 1.54) is 4.90 Å². The zero-order chi connectivity index (χ0) is 20.0. The summed E-state index contributed by atoms with van der Waals surface area (Å²) in [6.45, 7) is 4.69. The number of carbonyl (C=O) groups is 4. The van der Waals surface area contributed by atoms with Gasteiger partial charge in [-0.2, -0.15) is 0 Å². The van der Waals surface area contributed by atoms with Gasteiger partial charge in [0.15, 0.2) is 0 Å². The standard InChI is InChI=1S/C18H30N4O5/c1-11(2)9-13(21-16(25)12-5-3-7-19-12)18(27)22-8-4-6-14(22)17(26)20-10-15(23)24/h11-14,19H,3-10H2,1-2H3,(H,20,26)(H,21,25)(H,23,24). The molecule has 27 heavy (non-hydrogen) atoms. The van der Waals surface area contributed by atoms with Gasteiger partial charge in [0.25, 0.3) is 0 Å². The summed E-state index contributed by atoms with van der Waals surface area (Å²) in [5, 5.41) is 17.0. The molecule has 2 rings (SSSR count). The van der Waals surface area contributed by atoms with E-state index in [4.69, 9.17) is 5.11 Å². The summed E-state index contributed by atoms with van der Waals surface area (Å²) in [7, 11) is 0. The molecular weight excluding hydrogens is 352 g/mol. The number of aliphatic carboxylic acids is 1. The normalized spacial score (nSPS) is 23.3. The first-order valence-corrected chi connectivity index (χ1v) is 9.63. The number of carboxylic acid groups (broad SMARTS) is 1. The van der Waals surface area contributed by atoms with E-state index in [0.29, 0.717) is 25.8 Å². The molecule has 9 heteroatoms. The molecule has 0 aromatic rings. The summed E-state index contributed by atoms with van der Waals surface area (Å²) in [6, 6.07) is -1.65. The molecule has 3 amide bonds. The lowest BCUT2D eigenvalue weighted by atomic mass is 10.0. The highest BCUT2D eigenvalue weighted by Gasteiger charge is 2.38. The van der Waals surface area contributed by atoms with Crippen LogP contribution in [0.5, 0.6) is 0 Å². The molecule has 3 atom stereocenters. The molecule has 0 aliphatic carbocycles. The monoisotopic (exact) mass is 382 g/mol. The van der Waals surface area contributed by atoms with Gasteiger partial charge in [-0.1, -0.05) is 13.8 Å². The molecule has 2 fully saturated rings. The van der Waals surface area contributed by atoms with Crippen LogP contribution >= 0.6 is 0 Å².